The van der Waals surface area contributed by atoms with Crippen LogP contribution in [-0.2, 0) is 17.9 Å². The number of amides is 3. The van der Waals surface area contributed by atoms with Gasteiger partial charge in [0.25, 0.3) is 11.8 Å². The second kappa shape index (κ2) is 10.2. The van der Waals surface area contributed by atoms with E-state index in [1.165, 1.54) is 6.33 Å². The Morgan fingerprint density at radius 1 is 1.21 bits per heavy atom. The second-order valence-corrected chi connectivity index (χ2v) is 9.35. The largest absolute Gasteiger partial charge is 0.354 e. The van der Waals surface area contributed by atoms with Crippen molar-refractivity contribution >= 4 is 17.7 Å². The number of aryl methyl sites for hydroxylation is 1. The molecule has 0 saturated carbocycles. The van der Waals surface area contributed by atoms with Gasteiger partial charge in [0.2, 0.25) is 5.91 Å². The number of benzene rings is 1. The van der Waals surface area contributed by atoms with Gasteiger partial charge in [-0.2, -0.15) is 0 Å². The van der Waals surface area contributed by atoms with Crippen LogP contribution < -0.4 is 10.6 Å². The van der Waals surface area contributed by atoms with E-state index in [1.54, 1.807) is 16.4 Å². The lowest BCUT2D eigenvalue weighted by molar-refractivity contribution is -0.132. The predicted molar refractivity (Wildman–Crippen MR) is 127 cm³/mol. The molecule has 8 nitrogen and oxygen atoms in total. The molecule has 0 bridgehead atoms. The van der Waals surface area contributed by atoms with Gasteiger partial charge in [0.1, 0.15) is 11.2 Å². The van der Waals surface area contributed by atoms with Gasteiger partial charge in [0.05, 0.1) is 12.9 Å². The Morgan fingerprint density at radius 2 is 1.94 bits per heavy atom. The van der Waals surface area contributed by atoms with Gasteiger partial charge in [0.15, 0.2) is 5.69 Å². The molecule has 0 radical (unpaired) electrons. The summed E-state index contributed by atoms with van der Waals surface area (Å²) in [5.41, 5.74) is 1.36. The standard InChI is InChI=1S/C25H35N5O3/c1-6-13-30-23(32)21-20(22(31)27-14-19-10-8-7-9-18(19)4)28-16-29(21)15-25(30,5)24(33)26-12-11-17(2)3/h7-10,16-17H,6,11-15H2,1-5H3,(H,26,33)(H,27,31). The lowest BCUT2D eigenvalue weighted by Gasteiger charge is -2.43. The van der Waals surface area contributed by atoms with Crippen molar-refractivity contribution < 1.29 is 14.4 Å². The average Bonchev–Trinajstić information content (AvgIpc) is 3.19. The summed E-state index contributed by atoms with van der Waals surface area (Å²) in [4.78, 5) is 45.5. The van der Waals surface area contributed by atoms with Gasteiger partial charge in [-0.15, -0.1) is 0 Å². The van der Waals surface area contributed by atoms with Gasteiger partial charge < -0.3 is 20.1 Å². The molecule has 2 heterocycles. The Morgan fingerprint density at radius 3 is 2.61 bits per heavy atom. The number of aromatic nitrogens is 2. The van der Waals surface area contributed by atoms with Crippen molar-refractivity contribution in [1.82, 2.24) is 25.1 Å². The van der Waals surface area contributed by atoms with E-state index in [0.717, 1.165) is 17.5 Å². The van der Waals surface area contributed by atoms with E-state index in [1.807, 2.05) is 38.1 Å². The number of imidazole rings is 1. The van der Waals surface area contributed by atoms with Gasteiger partial charge in [-0.1, -0.05) is 45.0 Å². The molecule has 0 spiro atoms. The Kier molecular flexibility index (Phi) is 7.56. The zero-order valence-corrected chi connectivity index (χ0v) is 20.3. The van der Waals surface area contributed by atoms with Gasteiger partial charge in [-0.3, -0.25) is 14.4 Å². The Labute approximate surface area is 195 Å². The molecule has 2 aromatic rings. The molecule has 0 fully saturated rings. The maximum absolute atomic E-state index is 13.5. The highest BCUT2D eigenvalue weighted by molar-refractivity contribution is 6.07. The quantitative estimate of drug-likeness (QED) is 0.610. The molecule has 8 heteroatoms. The molecule has 1 aromatic carbocycles. The zero-order valence-electron chi connectivity index (χ0n) is 20.3. The summed E-state index contributed by atoms with van der Waals surface area (Å²) in [6, 6.07) is 7.81. The number of nitrogens with zero attached hydrogens (tertiary/aromatic N) is 3. The topological polar surface area (TPSA) is 96.3 Å². The first-order chi connectivity index (χ1) is 15.7. The number of nitrogens with one attached hydrogen (secondary N) is 2. The van der Waals surface area contributed by atoms with Gasteiger partial charge in [-0.25, -0.2) is 4.98 Å². The monoisotopic (exact) mass is 453 g/mol. The van der Waals surface area contributed by atoms with Crippen LogP contribution in [0.4, 0.5) is 0 Å². The van der Waals surface area contributed by atoms with Crippen LogP contribution in [0.15, 0.2) is 30.6 Å². The minimum Gasteiger partial charge on any atom is -0.354 e. The molecule has 1 aliphatic heterocycles. The normalized spacial score (nSPS) is 17.8. The highest BCUT2D eigenvalue weighted by Crippen LogP contribution is 2.29. The van der Waals surface area contributed by atoms with Crippen molar-refractivity contribution in [2.45, 2.75) is 66.1 Å². The number of rotatable bonds is 9. The molecule has 33 heavy (non-hydrogen) atoms. The number of carbonyl (C=O) groups is 3. The average molecular weight is 454 g/mol. The highest BCUT2D eigenvalue weighted by atomic mass is 16.2. The third-order valence-electron chi connectivity index (χ3n) is 6.22. The molecule has 2 N–H and O–H groups in total. The van der Waals surface area contributed by atoms with Crippen molar-refractivity contribution in [1.29, 1.82) is 0 Å². The third-order valence-corrected chi connectivity index (χ3v) is 6.22. The minimum atomic E-state index is -1.05. The van der Waals surface area contributed by atoms with Crippen LogP contribution in [0.1, 0.15) is 72.6 Å². The van der Waals surface area contributed by atoms with E-state index in [9.17, 15) is 14.4 Å². The fourth-order valence-corrected chi connectivity index (χ4v) is 4.16. The Hall–Kier alpha value is -3.16. The molecule has 1 aromatic heterocycles. The Bertz CT molecular complexity index is 1030. The van der Waals surface area contributed by atoms with Crippen LogP contribution in [0.25, 0.3) is 0 Å². The summed E-state index contributed by atoms with van der Waals surface area (Å²) < 4.78 is 1.64. The minimum absolute atomic E-state index is 0.0944. The van der Waals surface area contributed by atoms with Crippen molar-refractivity contribution in [3.63, 3.8) is 0 Å². The summed E-state index contributed by atoms with van der Waals surface area (Å²) in [7, 11) is 0. The van der Waals surface area contributed by atoms with Gasteiger partial charge in [0, 0.05) is 19.6 Å². The molecule has 0 saturated heterocycles. The number of fused-ring (bicyclic) bond motifs is 1. The number of hydrogen-bond acceptors (Lipinski definition) is 4. The smallest absolute Gasteiger partial charge is 0.273 e. The lowest BCUT2D eigenvalue weighted by atomic mass is 9.93. The van der Waals surface area contributed by atoms with Crippen LogP contribution in [0, 0.1) is 12.8 Å². The summed E-state index contributed by atoms with van der Waals surface area (Å²) in [6.07, 6.45) is 3.05. The van der Waals surface area contributed by atoms with Crippen LogP contribution in [0.2, 0.25) is 0 Å². The maximum Gasteiger partial charge on any atom is 0.273 e. The van der Waals surface area contributed by atoms with Gasteiger partial charge >= 0.3 is 0 Å². The molecule has 3 amide bonds. The van der Waals surface area contributed by atoms with Crippen LogP contribution in [0.5, 0.6) is 0 Å². The van der Waals surface area contributed by atoms with Gasteiger partial charge in [-0.05, 0) is 43.7 Å². The van der Waals surface area contributed by atoms with E-state index in [4.69, 9.17) is 0 Å². The van der Waals surface area contributed by atoms with Crippen LogP contribution >= 0.6 is 0 Å². The molecule has 1 atom stereocenters. The fourth-order valence-electron chi connectivity index (χ4n) is 4.16. The first kappa shape index (κ1) is 24.5. The number of hydrogen-bond donors (Lipinski definition) is 2. The van der Waals surface area contributed by atoms with Crippen LogP contribution in [0.3, 0.4) is 0 Å². The Balaban J connectivity index is 1.83. The molecule has 0 aliphatic carbocycles. The third kappa shape index (κ3) is 5.10. The van der Waals surface area contributed by atoms with E-state index in [-0.39, 0.29) is 29.7 Å². The lowest BCUT2D eigenvalue weighted by Crippen LogP contribution is -2.64. The fraction of sp³-hybridized carbons (Fsp3) is 0.520. The van der Waals surface area contributed by atoms with Crippen molar-refractivity contribution in [3.05, 3.63) is 53.1 Å². The summed E-state index contributed by atoms with van der Waals surface area (Å²) >= 11 is 0. The molecule has 3 rings (SSSR count). The van der Waals surface area contributed by atoms with E-state index in [0.29, 0.717) is 32.0 Å². The predicted octanol–water partition coefficient (Wildman–Crippen LogP) is 2.91. The molecule has 1 unspecified atom stereocenters. The maximum atomic E-state index is 13.5. The second-order valence-electron chi connectivity index (χ2n) is 9.35. The van der Waals surface area contributed by atoms with E-state index in [2.05, 4.69) is 29.5 Å². The molecule has 178 valence electrons. The summed E-state index contributed by atoms with van der Waals surface area (Å²) in [5, 5.41) is 5.87. The van der Waals surface area contributed by atoms with E-state index >= 15 is 0 Å². The highest BCUT2D eigenvalue weighted by Gasteiger charge is 2.48. The molecule has 1 aliphatic rings. The molecular weight excluding hydrogens is 418 g/mol. The molecular formula is C25H35N5O3. The summed E-state index contributed by atoms with van der Waals surface area (Å²) in [6.45, 7) is 11.5. The first-order valence-corrected chi connectivity index (χ1v) is 11.7. The zero-order chi connectivity index (χ0) is 24.2. The van der Waals surface area contributed by atoms with Crippen molar-refractivity contribution in [2.24, 2.45) is 5.92 Å². The van der Waals surface area contributed by atoms with Crippen LogP contribution in [-0.4, -0.2) is 50.8 Å². The van der Waals surface area contributed by atoms with E-state index < -0.39 is 11.4 Å². The summed E-state index contributed by atoms with van der Waals surface area (Å²) in [5.74, 6) is -0.460. The SMILES string of the molecule is CCCN1C(=O)c2c(C(=O)NCc3ccccc3C)ncn2CC1(C)C(=O)NCCC(C)C. The number of carbonyl (C=O) groups excluding carboxylic acids is 3. The van der Waals surface area contributed by atoms with Crippen molar-refractivity contribution in [3.8, 4) is 0 Å². The van der Waals surface area contributed by atoms with Crippen molar-refractivity contribution in [2.75, 3.05) is 13.1 Å². The first-order valence-electron chi connectivity index (χ1n) is 11.7.